The maximum Gasteiger partial charge on any atom is 0.410 e. The number of piperidine rings is 1. The minimum atomic E-state index is -0.685. The fraction of sp³-hybridized carbons (Fsp3) is 0.409. The van der Waals surface area contributed by atoms with Gasteiger partial charge in [-0.25, -0.2) is 27.9 Å². The van der Waals surface area contributed by atoms with E-state index in [9.17, 15) is 28.0 Å². The molecule has 302 valence electrons. The maximum absolute atomic E-state index is 14.6. The number of aliphatic imine (C=N–C) groups is 1. The third-order valence-corrected chi connectivity index (χ3v) is 11.4. The van der Waals surface area contributed by atoms with Crippen LogP contribution in [0.15, 0.2) is 99.6 Å². The highest BCUT2D eigenvalue weighted by Gasteiger charge is 2.33. The number of carbonyl (C=O) groups excluding carboxylic acids is 2. The molecule has 58 heavy (non-hydrogen) atoms. The first-order valence-corrected chi connectivity index (χ1v) is 20.0. The number of allylic oxidation sites excluding steroid dienone is 2. The normalized spacial score (nSPS) is 21.1. The molecule has 1 saturated heterocycles. The van der Waals surface area contributed by atoms with E-state index in [4.69, 9.17) is 4.74 Å². The number of rotatable bonds is 7. The minimum Gasteiger partial charge on any atom is -0.444 e. The molecule has 4 aliphatic rings. The smallest absolute Gasteiger partial charge is 0.410 e. The number of ether oxygens (including phenoxy) is 1. The second kappa shape index (κ2) is 15.8. The molecule has 0 bridgehead atoms. The van der Waals surface area contributed by atoms with Gasteiger partial charge in [0.05, 0.1) is 23.8 Å². The largest absolute Gasteiger partial charge is 0.444 e. The Labute approximate surface area is 334 Å². The number of carbonyl (C=O) groups is 2. The maximum atomic E-state index is 14.6. The third-order valence-electron chi connectivity index (χ3n) is 11.4. The van der Waals surface area contributed by atoms with Crippen LogP contribution in [-0.4, -0.2) is 79.1 Å². The van der Waals surface area contributed by atoms with Crippen molar-refractivity contribution in [3.05, 3.63) is 117 Å². The molecule has 12 nitrogen and oxygen atoms in total. The lowest BCUT2D eigenvalue weighted by Gasteiger charge is -2.33. The monoisotopic (exact) mass is 791 g/mol. The molecule has 14 heteroatoms. The van der Waals surface area contributed by atoms with Crippen LogP contribution < -0.4 is 16.6 Å². The lowest BCUT2D eigenvalue weighted by atomic mass is 9.89. The number of halogens is 2. The van der Waals surface area contributed by atoms with Crippen molar-refractivity contribution < 1.29 is 23.1 Å². The topological polar surface area (TPSA) is 131 Å². The Kier molecular flexibility index (Phi) is 10.6. The molecule has 0 radical (unpaired) electrons. The number of benzene rings is 2. The van der Waals surface area contributed by atoms with E-state index < -0.39 is 40.6 Å². The number of amides is 2. The van der Waals surface area contributed by atoms with E-state index in [1.807, 2.05) is 39.0 Å². The Morgan fingerprint density at radius 1 is 0.914 bits per heavy atom. The van der Waals surface area contributed by atoms with Crippen LogP contribution in [0.1, 0.15) is 70.9 Å². The van der Waals surface area contributed by atoms with Crippen molar-refractivity contribution in [2.24, 2.45) is 10.9 Å². The zero-order valence-electron chi connectivity index (χ0n) is 32.9. The molecule has 1 atom stereocenters. The summed E-state index contributed by atoms with van der Waals surface area (Å²) < 4.78 is 36.4. The van der Waals surface area contributed by atoms with E-state index in [-0.39, 0.29) is 35.6 Å². The van der Waals surface area contributed by atoms with E-state index in [1.54, 1.807) is 21.9 Å². The van der Waals surface area contributed by atoms with Crippen LogP contribution in [0, 0.1) is 11.7 Å². The van der Waals surface area contributed by atoms with Gasteiger partial charge in [-0.3, -0.25) is 19.1 Å². The molecular formula is C44H47F2N7O5. The Balaban J connectivity index is 0.972. The number of fused-ring (bicyclic) bond motifs is 2. The third kappa shape index (κ3) is 8.23. The minimum absolute atomic E-state index is 0.00180. The molecule has 4 aromatic rings. The van der Waals surface area contributed by atoms with Crippen LogP contribution in [0.3, 0.4) is 0 Å². The van der Waals surface area contributed by atoms with E-state index in [0.29, 0.717) is 56.2 Å². The van der Waals surface area contributed by atoms with Gasteiger partial charge in [-0.1, -0.05) is 36.4 Å². The quantitative estimate of drug-likeness (QED) is 0.223. The number of amidine groups is 1. The van der Waals surface area contributed by atoms with Crippen LogP contribution in [-0.2, 0) is 16.0 Å². The molecule has 2 aromatic carbocycles. The fourth-order valence-electron chi connectivity index (χ4n) is 8.45. The molecule has 2 aromatic heterocycles. The lowest BCUT2D eigenvalue weighted by molar-refractivity contribution is -0.123. The Morgan fingerprint density at radius 3 is 2.38 bits per heavy atom. The first kappa shape index (κ1) is 38.9. The molecule has 5 heterocycles. The van der Waals surface area contributed by atoms with Gasteiger partial charge in [0.15, 0.2) is 5.65 Å². The van der Waals surface area contributed by atoms with E-state index in [1.165, 1.54) is 27.0 Å². The number of hydrogen-bond acceptors (Lipinski definition) is 8. The van der Waals surface area contributed by atoms with Crippen LogP contribution in [0.4, 0.5) is 13.6 Å². The summed E-state index contributed by atoms with van der Waals surface area (Å²) >= 11 is 0. The molecular weight excluding hydrogens is 745 g/mol. The number of likely N-dealkylation sites (tertiary alicyclic amines) is 1. The Morgan fingerprint density at radius 2 is 1.66 bits per heavy atom. The highest BCUT2D eigenvalue weighted by molar-refractivity contribution is 6.00. The summed E-state index contributed by atoms with van der Waals surface area (Å²) in [4.78, 5) is 66.0. The van der Waals surface area contributed by atoms with Crippen molar-refractivity contribution in [2.45, 2.75) is 89.4 Å². The first-order chi connectivity index (χ1) is 27.8. The molecule has 0 spiro atoms. The second-order valence-electron chi connectivity index (χ2n) is 16.7. The summed E-state index contributed by atoms with van der Waals surface area (Å²) in [5.74, 6) is -0.357. The van der Waals surface area contributed by atoms with E-state index in [2.05, 4.69) is 39.6 Å². The molecule has 1 unspecified atom stereocenters. The van der Waals surface area contributed by atoms with Gasteiger partial charge in [-0.2, -0.15) is 0 Å². The van der Waals surface area contributed by atoms with Crippen LogP contribution >= 0.6 is 0 Å². The van der Waals surface area contributed by atoms with Crippen molar-refractivity contribution in [3.8, 4) is 16.8 Å². The molecule has 2 fully saturated rings. The summed E-state index contributed by atoms with van der Waals surface area (Å²) in [5, 5.41) is 3.05. The molecule has 1 saturated carbocycles. The molecule has 2 amide bonds. The zero-order valence-corrected chi connectivity index (χ0v) is 32.9. The average Bonchev–Trinajstić information content (AvgIpc) is 3.63. The Hall–Kier alpha value is -5.92. The van der Waals surface area contributed by atoms with E-state index in [0.717, 1.165) is 42.7 Å². The standard InChI is InChI=1S/C44H47F2N7O5/c1-44(2,3)58-43(57)50-19-17-28(18-20-50)21-27-7-9-29(10-8-27)30-5-4-6-35(22-30)52-39-36(23-32(46)24-47-39)41(55)53(42(52)56)34-14-12-33(13-15-34)48-40(54)37-26-51-25-31(45)11-16-38(51)49-37/h4-11,16,22-25,28,33-34,37H,12-15,17-21,26H2,1-3H3,(H,48,54)/t33-,34+,37?. The van der Waals surface area contributed by atoms with Crippen molar-refractivity contribution in [1.29, 1.82) is 0 Å². The Bertz CT molecular complexity index is 2450. The highest BCUT2D eigenvalue weighted by Crippen LogP contribution is 2.30. The lowest BCUT2D eigenvalue weighted by Crippen LogP contribution is -2.47. The number of pyridine rings is 1. The van der Waals surface area contributed by atoms with Gasteiger partial charge in [0.25, 0.3) is 5.56 Å². The van der Waals surface area contributed by atoms with Crippen molar-refractivity contribution in [2.75, 3.05) is 19.6 Å². The van der Waals surface area contributed by atoms with Crippen LogP contribution in [0.5, 0.6) is 0 Å². The summed E-state index contributed by atoms with van der Waals surface area (Å²) in [7, 11) is 0. The van der Waals surface area contributed by atoms with Gasteiger partial charge in [0, 0.05) is 31.4 Å². The predicted octanol–water partition coefficient (Wildman–Crippen LogP) is 6.61. The van der Waals surface area contributed by atoms with Gasteiger partial charge in [-0.05, 0) is 119 Å². The van der Waals surface area contributed by atoms with E-state index >= 15 is 0 Å². The van der Waals surface area contributed by atoms with Crippen molar-refractivity contribution in [3.63, 3.8) is 0 Å². The summed E-state index contributed by atoms with van der Waals surface area (Å²) in [6, 6.07) is 15.5. The van der Waals surface area contributed by atoms with Gasteiger partial charge in [0.2, 0.25) is 5.91 Å². The van der Waals surface area contributed by atoms with Crippen molar-refractivity contribution >= 4 is 28.9 Å². The van der Waals surface area contributed by atoms with Crippen LogP contribution in [0.25, 0.3) is 27.8 Å². The first-order valence-electron chi connectivity index (χ1n) is 20.0. The molecule has 1 N–H and O–H groups in total. The highest BCUT2D eigenvalue weighted by atomic mass is 19.1. The zero-order chi connectivity index (χ0) is 40.7. The number of aromatic nitrogens is 3. The SMILES string of the molecule is CC(C)(C)OC(=O)N1CCC(Cc2ccc(-c3cccc(-n4c(=O)n([C@H]5CC[C@@H](NC(=O)C6CN7C=C(F)C=CC7=N6)CC5)c(=O)c5cc(F)cnc54)c3)cc2)CC1. The molecule has 1 aliphatic carbocycles. The van der Waals surface area contributed by atoms with Crippen LogP contribution in [0.2, 0.25) is 0 Å². The number of nitrogens with one attached hydrogen (secondary N) is 1. The summed E-state index contributed by atoms with van der Waals surface area (Å²) in [6.07, 6.45) is 9.52. The number of hydrogen-bond donors (Lipinski definition) is 1. The number of nitrogens with zero attached hydrogens (tertiary/aromatic N) is 6. The predicted molar refractivity (Wildman–Crippen MR) is 217 cm³/mol. The second-order valence-corrected chi connectivity index (χ2v) is 16.7. The van der Waals surface area contributed by atoms with Gasteiger partial charge < -0.3 is 19.9 Å². The summed E-state index contributed by atoms with van der Waals surface area (Å²) in [5.41, 5.74) is 1.85. The summed E-state index contributed by atoms with van der Waals surface area (Å²) in [6.45, 7) is 7.21. The van der Waals surface area contributed by atoms with Gasteiger partial charge >= 0.3 is 11.8 Å². The van der Waals surface area contributed by atoms with Gasteiger partial charge in [0.1, 0.15) is 29.1 Å². The molecule has 3 aliphatic heterocycles. The van der Waals surface area contributed by atoms with Gasteiger partial charge in [-0.15, -0.1) is 0 Å². The average molecular weight is 792 g/mol. The fourth-order valence-corrected chi connectivity index (χ4v) is 8.45. The van der Waals surface area contributed by atoms with Crippen molar-refractivity contribution in [1.82, 2.24) is 29.2 Å². The molecule has 8 rings (SSSR count).